The third kappa shape index (κ3) is 5.45. The highest BCUT2D eigenvalue weighted by Crippen LogP contribution is 2.29. The Bertz CT molecular complexity index is 1110. The van der Waals surface area contributed by atoms with Gasteiger partial charge in [0, 0.05) is 37.2 Å². The number of nitrogens with one attached hydrogen (secondary N) is 2. The third-order valence-corrected chi connectivity index (χ3v) is 8.49. The molecular weight excluding hydrogens is 438 g/mol. The highest BCUT2D eigenvalue weighted by Gasteiger charge is 2.33. The Morgan fingerprint density at radius 3 is 2.55 bits per heavy atom. The molecule has 0 aromatic heterocycles. The first-order valence-corrected chi connectivity index (χ1v) is 13.1. The molecule has 2 aliphatic heterocycles. The minimum Gasteiger partial charge on any atom is -0.353 e. The van der Waals surface area contributed by atoms with Gasteiger partial charge in [0.25, 0.3) is 0 Å². The van der Waals surface area contributed by atoms with Crippen LogP contribution >= 0.6 is 0 Å². The number of hydrogen-bond acceptors (Lipinski definition) is 4. The Kier molecular flexibility index (Phi) is 7.14. The van der Waals surface area contributed by atoms with Crippen molar-refractivity contribution in [3.8, 4) is 0 Å². The summed E-state index contributed by atoms with van der Waals surface area (Å²) in [5, 5.41) is 5.95. The minimum absolute atomic E-state index is 0.0133. The Hall–Kier alpha value is -2.71. The van der Waals surface area contributed by atoms with Gasteiger partial charge in [-0.05, 0) is 61.4 Å². The van der Waals surface area contributed by atoms with Crippen LogP contribution in [-0.4, -0.2) is 43.7 Å². The van der Waals surface area contributed by atoms with Gasteiger partial charge in [-0.15, -0.1) is 0 Å². The average molecular weight is 470 g/mol. The van der Waals surface area contributed by atoms with Crippen molar-refractivity contribution in [3.05, 3.63) is 59.7 Å². The molecule has 2 N–H and O–H groups in total. The van der Waals surface area contributed by atoms with Gasteiger partial charge in [0.05, 0.1) is 4.90 Å². The van der Waals surface area contributed by atoms with E-state index in [1.54, 1.807) is 18.2 Å². The Labute approximate surface area is 195 Å². The van der Waals surface area contributed by atoms with E-state index in [0.29, 0.717) is 44.5 Å². The number of anilines is 1. The first-order valence-electron chi connectivity index (χ1n) is 11.6. The van der Waals surface area contributed by atoms with Gasteiger partial charge in [-0.2, -0.15) is 4.31 Å². The number of nitrogens with zero attached hydrogens (tertiary/aromatic N) is 1. The molecule has 0 bridgehead atoms. The second kappa shape index (κ2) is 10.1. The first-order chi connectivity index (χ1) is 15.9. The van der Waals surface area contributed by atoms with E-state index in [9.17, 15) is 18.0 Å². The predicted octanol–water partition coefficient (Wildman–Crippen LogP) is 3.11. The maximum absolute atomic E-state index is 13.2. The number of hydrogen-bond donors (Lipinski definition) is 2. The van der Waals surface area contributed by atoms with E-state index in [2.05, 4.69) is 29.7 Å². The highest BCUT2D eigenvalue weighted by atomic mass is 32.2. The summed E-state index contributed by atoms with van der Waals surface area (Å²) in [6.07, 6.45) is 3.54. The van der Waals surface area contributed by atoms with Crippen LogP contribution < -0.4 is 10.6 Å². The number of amides is 2. The fourth-order valence-corrected chi connectivity index (χ4v) is 6.06. The summed E-state index contributed by atoms with van der Waals surface area (Å²) >= 11 is 0. The van der Waals surface area contributed by atoms with Crippen LogP contribution in [0.5, 0.6) is 0 Å². The van der Waals surface area contributed by atoms with Crippen molar-refractivity contribution in [2.24, 2.45) is 5.92 Å². The summed E-state index contributed by atoms with van der Waals surface area (Å²) in [6, 6.07) is 15.0. The smallest absolute Gasteiger partial charge is 0.243 e. The van der Waals surface area contributed by atoms with Gasteiger partial charge in [-0.25, -0.2) is 8.42 Å². The number of fused-ring (bicyclic) bond motifs is 1. The number of sulfonamides is 1. The highest BCUT2D eigenvalue weighted by molar-refractivity contribution is 7.89. The van der Waals surface area contributed by atoms with E-state index in [4.69, 9.17) is 0 Å². The largest absolute Gasteiger partial charge is 0.353 e. The molecule has 2 aromatic carbocycles. The fraction of sp³-hybridized carbons (Fsp3) is 0.440. The van der Waals surface area contributed by atoms with Crippen LogP contribution in [0.2, 0.25) is 0 Å². The lowest BCUT2D eigenvalue weighted by molar-refractivity contribution is -0.126. The minimum atomic E-state index is -3.64. The van der Waals surface area contributed by atoms with E-state index in [-0.39, 0.29) is 28.7 Å². The summed E-state index contributed by atoms with van der Waals surface area (Å²) < 4.78 is 27.8. The number of rotatable bonds is 7. The van der Waals surface area contributed by atoms with Crippen LogP contribution in [0.15, 0.2) is 53.4 Å². The van der Waals surface area contributed by atoms with Gasteiger partial charge in [-0.3, -0.25) is 9.59 Å². The number of aryl methyl sites for hydroxylation is 1. The van der Waals surface area contributed by atoms with Crippen LogP contribution in [0, 0.1) is 5.92 Å². The summed E-state index contributed by atoms with van der Waals surface area (Å²) in [4.78, 5) is 24.7. The average Bonchev–Trinajstić information content (AvgIpc) is 2.83. The summed E-state index contributed by atoms with van der Waals surface area (Å²) in [6.45, 7) is 2.71. The van der Waals surface area contributed by atoms with Gasteiger partial charge in [-0.1, -0.05) is 37.3 Å². The van der Waals surface area contributed by atoms with Crippen molar-refractivity contribution >= 4 is 27.5 Å². The molecule has 0 aliphatic carbocycles. The van der Waals surface area contributed by atoms with E-state index in [0.717, 1.165) is 18.4 Å². The van der Waals surface area contributed by atoms with Gasteiger partial charge in [0.15, 0.2) is 0 Å². The molecule has 1 saturated heterocycles. The van der Waals surface area contributed by atoms with Crippen molar-refractivity contribution in [2.45, 2.75) is 56.4 Å². The molecule has 2 amide bonds. The van der Waals surface area contributed by atoms with Crippen LogP contribution in [0.4, 0.5) is 5.69 Å². The van der Waals surface area contributed by atoms with Gasteiger partial charge < -0.3 is 10.6 Å². The van der Waals surface area contributed by atoms with Crippen molar-refractivity contribution in [3.63, 3.8) is 0 Å². The number of benzene rings is 2. The lowest BCUT2D eigenvalue weighted by Gasteiger charge is -2.31. The zero-order valence-electron chi connectivity index (χ0n) is 18.9. The van der Waals surface area contributed by atoms with Gasteiger partial charge >= 0.3 is 0 Å². The van der Waals surface area contributed by atoms with Crippen molar-refractivity contribution < 1.29 is 18.0 Å². The van der Waals surface area contributed by atoms with E-state index >= 15 is 0 Å². The third-order valence-electron chi connectivity index (χ3n) is 6.60. The molecule has 0 unspecified atom stereocenters. The zero-order valence-corrected chi connectivity index (χ0v) is 19.7. The molecule has 0 saturated carbocycles. The Morgan fingerprint density at radius 1 is 1.12 bits per heavy atom. The van der Waals surface area contributed by atoms with Crippen LogP contribution in [-0.2, 0) is 32.5 Å². The molecule has 7 nitrogen and oxygen atoms in total. The van der Waals surface area contributed by atoms with Crippen molar-refractivity contribution in [1.82, 2.24) is 9.62 Å². The Balaban J connectivity index is 1.35. The molecule has 2 heterocycles. The summed E-state index contributed by atoms with van der Waals surface area (Å²) in [7, 11) is -3.64. The second-order valence-corrected chi connectivity index (χ2v) is 10.8. The lowest BCUT2D eigenvalue weighted by Crippen LogP contribution is -2.45. The maximum Gasteiger partial charge on any atom is 0.243 e. The van der Waals surface area contributed by atoms with Crippen LogP contribution in [0.1, 0.15) is 43.7 Å². The fourth-order valence-electron chi connectivity index (χ4n) is 4.54. The van der Waals surface area contributed by atoms with Crippen molar-refractivity contribution in [1.29, 1.82) is 0 Å². The maximum atomic E-state index is 13.2. The Morgan fingerprint density at radius 2 is 1.85 bits per heavy atom. The van der Waals surface area contributed by atoms with E-state index in [1.807, 2.05) is 18.2 Å². The number of carbonyl (C=O) groups is 2. The normalized spacial score (nSPS) is 18.3. The van der Waals surface area contributed by atoms with Gasteiger partial charge in [0.2, 0.25) is 21.8 Å². The van der Waals surface area contributed by atoms with Crippen molar-refractivity contribution in [2.75, 3.05) is 18.4 Å². The number of carbonyl (C=O) groups excluding carboxylic acids is 2. The zero-order chi connectivity index (χ0) is 23.4. The molecule has 2 aliphatic rings. The summed E-state index contributed by atoms with van der Waals surface area (Å²) in [5.41, 5.74) is 2.71. The van der Waals surface area contributed by atoms with Crippen LogP contribution in [0.3, 0.4) is 0 Å². The SMILES string of the molecule is CC[C@@H](Cc1ccccc1)NC(=O)C1CCN(S(=O)(=O)c2ccc3c(c2)CCC(=O)N3)CC1. The molecule has 0 radical (unpaired) electrons. The predicted molar refractivity (Wildman–Crippen MR) is 127 cm³/mol. The molecule has 176 valence electrons. The molecule has 4 rings (SSSR count). The monoisotopic (exact) mass is 469 g/mol. The molecule has 1 fully saturated rings. The van der Waals surface area contributed by atoms with E-state index < -0.39 is 10.0 Å². The number of piperidine rings is 1. The molecule has 1 atom stereocenters. The topological polar surface area (TPSA) is 95.6 Å². The van der Waals surface area contributed by atoms with E-state index in [1.165, 1.54) is 9.87 Å². The molecule has 2 aromatic rings. The standard InChI is InChI=1S/C25H31N3O4S/c1-2-21(16-18-6-4-3-5-7-18)26-25(30)19-12-14-28(15-13-19)33(31,32)22-9-10-23-20(17-22)8-11-24(29)27-23/h3-7,9-10,17,19,21H,2,8,11-16H2,1H3,(H,26,30)(H,27,29)/t21-/m0/s1. The van der Waals surface area contributed by atoms with Gasteiger partial charge in [0.1, 0.15) is 0 Å². The molecule has 33 heavy (non-hydrogen) atoms. The summed E-state index contributed by atoms with van der Waals surface area (Å²) in [5.74, 6) is -0.216. The lowest BCUT2D eigenvalue weighted by atomic mass is 9.96. The first kappa shape index (κ1) is 23.4. The molecule has 8 heteroatoms. The van der Waals surface area contributed by atoms with Crippen LogP contribution in [0.25, 0.3) is 0 Å². The molecular formula is C25H31N3O4S. The quantitative estimate of drug-likeness (QED) is 0.651. The second-order valence-electron chi connectivity index (χ2n) is 8.85. The molecule has 0 spiro atoms.